The van der Waals surface area contributed by atoms with E-state index in [1.165, 1.54) is 12.1 Å². The van der Waals surface area contributed by atoms with Crippen molar-refractivity contribution in [3.63, 3.8) is 0 Å². The van der Waals surface area contributed by atoms with Gasteiger partial charge in [0.2, 0.25) is 5.91 Å². The zero-order valence-electron chi connectivity index (χ0n) is 17.1. The molecule has 0 fully saturated rings. The number of carbonyl (C=O) groups excluding carboxylic acids is 2. The van der Waals surface area contributed by atoms with Gasteiger partial charge in [-0.25, -0.2) is 13.9 Å². The monoisotopic (exact) mass is 409 g/mol. The lowest BCUT2D eigenvalue weighted by Gasteiger charge is -2.14. The van der Waals surface area contributed by atoms with Crippen molar-refractivity contribution in [1.82, 2.24) is 9.78 Å². The SMILES string of the molecule is CC(C)(C)c1cc(NC(=O)Nc2ccccc2F)n(-c2ccc(CC(N)=O)cc2)n1. The molecule has 4 N–H and O–H groups in total. The summed E-state index contributed by atoms with van der Waals surface area (Å²) in [5, 5.41) is 9.86. The number of nitrogens with zero attached hydrogens (tertiary/aromatic N) is 2. The standard InChI is InChI=1S/C22H24FN5O2/c1-22(2,3)18-13-20(26-21(30)25-17-7-5-4-6-16(17)23)28(27-18)15-10-8-14(9-11-15)12-19(24)29/h4-11,13H,12H2,1-3H3,(H2,24,29)(H2,25,26,30). The van der Waals surface area contributed by atoms with Gasteiger partial charge in [-0.2, -0.15) is 5.10 Å². The molecule has 2 aromatic carbocycles. The van der Waals surface area contributed by atoms with E-state index in [9.17, 15) is 14.0 Å². The van der Waals surface area contributed by atoms with Gasteiger partial charge in [-0.1, -0.05) is 45.0 Å². The molecule has 0 aliphatic rings. The van der Waals surface area contributed by atoms with Crippen molar-refractivity contribution >= 4 is 23.4 Å². The Hall–Kier alpha value is -3.68. The Bertz CT molecular complexity index is 1070. The highest BCUT2D eigenvalue weighted by molar-refractivity contribution is 5.99. The van der Waals surface area contributed by atoms with E-state index in [1.54, 1.807) is 47.1 Å². The highest BCUT2D eigenvalue weighted by Crippen LogP contribution is 2.26. The van der Waals surface area contributed by atoms with E-state index in [-0.39, 0.29) is 17.5 Å². The van der Waals surface area contributed by atoms with E-state index in [0.29, 0.717) is 11.5 Å². The first kappa shape index (κ1) is 21.0. The normalized spacial score (nSPS) is 11.2. The average molecular weight is 409 g/mol. The quantitative estimate of drug-likeness (QED) is 0.594. The Morgan fingerprint density at radius 1 is 1.07 bits per heavy atom. The Morgan fingerprint density at radius 2 is 1.73 bits per heavy atom. The summed E-state index contributed by atoms with van der Waals surface area (Å²) in [5.74, 6) is -0.512. The van der Waals surface area contributed by atoms with Gasteiger partial charge in [0.25, 0.3) is 0 Å². The summed E-state index contributed by atoms with van der Waals surface area (Å²) in [7, 11) is 0. The third kappa shape index (κ3) is 5.02. The van der Waals surface area contributed by atoms with Gasteiger partial charge in [0.05, 0.1) is 23.5 Å². The minimum Gasteiger partial charge on any atom is -0.369 e. The zero-order chi connectivity index (χ0) is 21.9. The van der Waals surface area contributed by atoms with E-state index < -0.39 is 17.8 Å². The van der Waals surface area contributed by atoms with Gasteiger partial charge in [0.1, 0.15) is 11.6 Å². The lowest BCUT2D eigenvalue weighted by molar-refractivity contribution is -0.117. The number of para-hydroxylation sites is 1. The molecule has 3 rings (SSSR count). The number of anilines is 2. The van der Waals surface area contributed by atoms with Gasteiger partial charge in [-0.3, -0.25) is 10.1 Å². The first-order valence-corrected chi connectivity index (χ1v) is 9.44. The van der Waals surface area contributed by atoms with E-state index in [0.717, 1.165) is 11.3 Å². The molecule has 7 nitrogen and oxygen atoms in total. The molecule has 0 unspecified atom stereocenters. The van der Waals surface area contributed by atoms with Crippen molar-refractivity contribution in [3.05, 3.63) is 71.7 Å². The summed E-state index contributed by atoms with van der Waals surface area (Å²) in [6.07, 6.45) is 0.142. The number of hydrogen-bond acceptors (Lipinski definition) is 3. The van der Waals surface area contributed by atoms with Crippen LogP contribution in [-0.2, 0) is 16.6 Å². The predicted octanol–water partition coefficient (Wildman–Crippen LogP) is 3.98. The van der Waals surface area contributed by atoms with Gasteiger partial charge in [0.15, 0.2) is 0 Å². The molecule has 0 aliphatic heterocycles. The van der Waals surface area contributed by atoms with E-state index in [2.05, 4.69) is 15.7 Å². The van der Waals surface area contributed by atoms with Gasteiger partial charge < -0.3 is 11.1 Å². The molecule has 156 valence electrons. The van der Waals surface area contributed by atoms with Gasteiger partial charge >= 0.3 is 6.03 Å². The van der Waals surface area contributed by atoms with Crippen LogP contribution in [0.2, 0.25) is 0 Å². The lowest BCUT2D eigenvalue weighted by atomic mass is 9.92. The number of halogens is 1. The largest absolute Gasteiger partial charge is 0.369 e. The van der Waals surface area contributed by atoms with E-state index >= 15 is 0 Å². The van der Waals surface area contributed by atoms with Crippen molar-refractivity contribution in [1.29, 1.82) is 0 Å². The number of amides is 3. The van der Waals surface area contributed by atoms with Crippen molar-refractivity contribution in [2.24, 2.45) is 5.73 Å². The first-order valence-electron chi connectivity index (χ1n) is 9.44. The number of nitrogens with two attached hydrogens (primary N) is 1. The van der Waals surface area contributed by atoms with Crippen LogP contribution >= 0.6 is 0 Å². The summed E-state index contributed by atoms with van der Waals surface area (Å²) in [4.78, 5) is 23.6. The summed E-state index contributed by atoms with van der Waals surface area (Å²) in [5.41, 5.74) is 7.30. The number of hydrogen-bond donors (Lipinski definition) is 3. The van der Waals surface area contributed by atoms with Gasteiger partial charge in [0, 0.05) is 11.5 Å². The van der Waals surface area contributed by atoms with Crippen LogP contribution in [0.15, 0.2) is 54.6 Å². The minimum absolute atomic E-state index is 0.0768. The highest BCUT2D eigenvalue weighted by Gasteiger charge is 2.21. The molecule has 0 saturated carbocycles. The maximum atomic E-state index is 13.8. The molecule has 1 aromatic heterocycles. The van der Waals surface area contributed by atoms with Gasteiger partial charge in [-0.15, -0.1) is 0 Å². The number of rotatable bonds is 5. The Balaban J connectivity index is 1.89. The zero-order valence-corrected chi connectivity index (χ0v) is 17.1. The fourth-order valence-corrected chi connectivity index (χ4v) is 2.82. The lowest BCUT2D eigenvalue weighted by Crippen LogP contribution is -2.21. The van der Waals surface area contributed by atoms with Crippen molar-refractivity contribution < 1.29 is 14.0 Å². The maximum absolute atomic E-state index is 13.8. The van der Waals surface area contributed by atoms with Crippen LogP contribution < -0.4 is 16.4 Å². The van der Waals surface area contributed by atoms with Gasteiger partial charge in [-0.05, 0) is 29.8 Å². The number of urea groups is 1. The summed E-state index contributed by atoms with van der Waals surface area (Å²) in [6.45, 7) is 6.04. The van der Waals surface area contributed by atoms with Crippen molar-refractivity contribution in [2.75, 3.05) is 10.6 Å². The molecule has 8 heteroatoms. The molecule has 0 radical (unpaired) electrons. The van der Waals surface area contributed by atoms with Crippen LogP contribution in [0.5, 0.6) is 0 Å². The average Bonchev–Trinajstić information content (AvgIpc) is 3.08. The maximum Gasteiger partial charge on any atom is 0.324 e. The molecule has 3 amide bonds. The fraction of sp³-hybridized carbons (Fsp3) is 0.227. The fourth-order valence-electron chi connectivity index (χ4n) is 2.82. The molecular weight excluding hydrogens is 385 g/mol. The summed E-state index contributed by atoms with van der Waals surface area (Å²) < 4.78 is 15.4. The van der Waals surface area contributed by atoms with E-state index in [1.807, 2.05) is 20.8 Å². The number of aromatic nitrogens is 2. The number of nitrogens with one attached hydrogen (secondary N) is 2. The highest BCUT2D eigenvalue weighted by atomic mass is 19.1. The molecule has 0 spiro atoms. The van der Waals surface area contributed by atoms with Crippen LogP contribution in [0, 0.1) is 5.82 Å². The molecule has 30 heavy (non-hydrogen) atoms. The second-order valence-corrected chi connectivity index (χ2v) is 7.95. The number of benzene rings is 2. The molecule has 0 bridgehead atoms. The smallest absolute Gasteiger partial charge is 0.324 e. The number of carbonyl (C=O) groups is 2. The van der Waals surface area contributed by atoms with Crippen LogP contribution in [-0.4, -0.2) is 21.7 Å². The molecule has 0 saturated heterocycles. The Labute approximate surface area is 174 Å². The molecule has 1 heterocycles. The van der Waals surface area contributed by atoms with Crippen LogP contribution in [0.4, 0.5) is 20.7 Å². The summed E-state index contributed by atoms with van der Waals surface area (Å²) in [6, 6.07) is 14.2. The third-order valence-electron chi connectivity index (χ3n) is 4.40. The molecule has 3 aromatic rings. The predicted molar refractivity (Wildman–Crippen MR) is 114 cm³/mol. The molecule has 0 aliphatic carbocycles. The molecule has 0 atom stereocenters. The van der Waals surface area contributed by atoms with Crippen LogP contribution in [0.3, 0.4) is 0 Å². The second-order valence-electron chi connectivity index (χ2n) is 7.95. The second kappa shape index (κ2) is 8.36. The third-order valence-corrected chi connectivity index (χ3v) is 4.40. The summed E-state index contributed by atoms with van der Waals surface area (Å²) >= 11 is 0. The van der Waals surface area contributed by atoms with Crippen molar-refractivity contribution in [2.45, 2.75) is 32.6 Å². The van der Waals surface area contributed by atoms with Crippen LogP contribution in [0.25, 0.3) is 5.69 Å². The number of primary amides is 1. The Kier molecular flexibility index (Phi) is 5.86. The minimum atomic E-state index is -0.591. The Morgan fingerprint density at radius 3 is 2.33 bits per heavy atom. The topological polar surface area (TPSA) is 102 Å². The molecular formula is C22H24FN5O2. The van der Waals surface area contributed by atoms with E-state index in [4.69, 9.17) is 5.73 Å². The van der Waals surface area contributed by atoms with Crippen LogP contribution in [0.1, 0.15) is 32.0 Å². The first-order chi connectivity index (χ1) is 14.1. The van der Waals surface area contributed by atoms with Crippen molar-refractivity contribution in [3.8, 4) is 5.69 Å².